The van der Waals surface area contributed by atoms with Crippen molar-refractivity contribution in [2.45, 2.75) is 51.3 Å². The van der Waals surface area contributed by atoms with Crippen LogP contribution in [0.4, 0.5) is 0 Å². The van der Waals surface area contributed by atoms with Crippen molar-refractivity contribution in [3.63, 3.8) is 0 Å². The molecule has 0 spiro atoms. The molecule has 24 heavy (non-hydrogen) atoms. The van der Waals surface area contributed by atoms with E-state index >= 15 is 0 Å². The van der Waals surface area contributed by atoms with E-state index in [-0.39, 0.29) is 5.91 Å². The Kier molecular flexibility index (Phi) is 5.23. The molecule has 1 atom stereocenters. The number of carbonyl (C=O) groups is 1. The Morgan fingerprint density at radius 2 is 2.00 bits per heavy atom. The number of piperidine rings is 1. The molecule has 128 valence electrons. The summed E-state index contributed by atoms with van der Waals surface area (Å²) in [6, 6.07) is 6.49. The summed E-state index contributed by atoms with van der Waals surface area (Å²) in [7, 11) is 0. The predicted molar refractivity (Wildman–Crippen MR) is 95.0 cm³/mol. The van der Waals surface area contributed by atoms with Gasteiger partial charge in [0.1, 0.15) is 0 Å². The normalized spacial score (nSPS) is 18.0. The Labute approximate surface area is 146 Å². The van der Waals surface area contributed by atoms with Crippen LogP contribution in [0.5, 0.6) is 0 Å². The van der Waals surface area contributed by atoms with Gasteiger partial charge in [0.2, 0.25) is 11.8 Å². The van der Waals surface area contributed by atoms with Gasteiger partial charge in [0.15, 0.2) is 0 Å². The Morgan fingerprint density at radius 3 is 2.71 bits per heavy atom. The molecule has 6 heteroatoms. The second-order valence-corrected chi connectivity index (χ2v) is 7.40. The molecule has 2 heterocycles. The summed E-state index contributed by atoms with van der Waals surface area (Å²) in [5, 5.41) is 8.62. The van der Waals surface area contributed by atoms with Crippen LogP contribution in [-0.2, 0) is 4.79 Å². The number of benzene rings is 1. The lowest BCUT2D eigenvalue weighted by molar-refractivity contribution is -0.131. The Morgan fingerprint density at radius 1 is 1.25 bits per heavy atom. The van der Waals surface area contributed by atoms with E-state index in [9.17, 15) is 4.79 Å². The van der Waals surface area contributed by atoms with E-state index in [1.54, 1.807) is 0 Å². The molecule has 0 radical (unpaired) electrons. The fourth-order valence-electron chi connectivity index (χ4n) is 3.16. The zero-order chi connectivity index (χ0) is 17.1. The van der Waals surface area contributed by atoms with Gasteiger partial charge in [-0.3, -0.25) is 4.79 Å². The molecule has 1 amide bonds. The van der Waals surface area contributed by atoms with Crippen molar-refractivity contribution in [3.05, 3.63) is 29.3 Å². The number of amides is 1. The van der Waals surface area contributed by atoms with Gasteiger partial charge in [-0.1, -0.05) is 29.0 Å². The van der Waals surface area contributed by atoms with Gasteiger partial charge in [-0.05, 0) is 52.2 Å². The maximum absolute atomic E-state index is 12.4. The zero-order valence-corrected chi connectivity index (χ0v) is 15.2. The van der Waals surface area contributed by atoms with Gasteiger partial charge in [-0.25, -0.2) is 0 Å². The van der Waals surface area contributed by atoms with Crippen molar-refractivity contribution in [2.75, 3.05) is 12.3 Å². The molecule has 0 saturated carbocycles. The van der Waals surface area contributed by atoms with Gasteiger partial charge < -0.3 is 9.32 Å². The minimum absolute atomic E-state index is 0.151. The molecule has 0 bridgehead atoms. The lowest BCUT2D eigenvalue weighted by Crippen LogP contribution is -2.42. The average molecular weight is 345 g/mol. The number of aromatic nitrogens is 2. The van der Waals surface area contributed by atoms with Gasteiger partial charge in [0.05, 0.1) is 5.75 Å². The highest BCUT2D eigenvalue weighted by Gasteiger charge is 2.23. The number of carbonyl (C=O) groups excluding carboxylic acids is 1. The van der Waals surface area contributed by atoms with Gasteiger partial charge in [0, 0.05) is 18.2 Å². The van der Waals surface area contributed by atoms with Crippen LogP contribution in [0.1, 0.15) is 37.3 Å². The van der Waals surface area contributed by atoms with E-state index in [0.717, 1.165) is 36.1 Å². The molecular formula is C18H23N3O2S. The first-order chi connectivity index (χ1) is 11.5. The van der Waals surface area contributed by atoms with Gasteiger partial charge in [-0.15, -0.1) is 10.2 Å². The Hall–Kier alpha value is -1.82. The van der Waals surface area contributed by atoms with Crippen molar-refractivity contribution < 1.29 is 9.21 Å². The second-order valence-electron chi connectivity index (χ2n) is 6.47. The molecular weight excluding hydrogens is 322 g/mol. The van der Waals surface area contributed by atoms with Crippen LogP contribution < -0.4 is 0 Å². The van der Waals surface area contributed by atoms with E-state index in [1.807, 2.05) is 30.9 Å². The summed E-state index contributed by atoms with van der Waals surface area (Å²) in [5.74, 6) is 1.00. The van der Waals surface area contributed by atoms with Crippen molar-refractivity contribution >= 4 is 17.7 Å². The van der Waals surface area contributed by atoms with Gasteiger partial charge in [0.25, 0.3) is 5.22 Å². The fraction of sp³-hybridized carbons (Fsp3) is 0.500. The topological polar surface area (TPSA) is 59.2 Å². The van der Waals surface area contributed by atoms with E-state index in [4.69, 9.17) is 4.42 Å². The first-order valence-electron chi connectivity index (χ1n) is 8.37. The third-order valence-corrected chi connectivity index (χ3v) is 5.12. The molecule has 1 aliphatic heterocycles. The van der Waals surface area contributed by atoms with Crippen LogP contribution in [0, 0.1) is 13.8 Å². The van der Waals surface area contributed by atoms with Crippen LogP contribution in [0.3, 0.4) is 0 Å². The molecule has 0 unspecified atom stereocenters. The smallest absolute Gasteiger partial charge is 0.277 e. The second kappa shape index (κ2) is 7.38. The molecule has 1 aromatic heterocycles. The maximum Gasteiger partial charge on any atom is 0.277 e. The summed E-state index contributed by atoms with van der Waals surface area (Å²) in [5.41, 5.74) is 3.24. The molecule has 1 aromatic carbocycles. The first kappa shape index (κ1) is 17.0. The van der Waals surface area contributed by atoms with Crippen molar-refractivity contribution in [1.82, 2.24) is 15.1 Å². The summed E-state index contributed by atoms with van der Waals surface area (Å²) in [6.07, 6.45) is 3.40. The van der Waals surface area contributed by atoms with E-state index in [2.05, 4.69) is 23.2 Å². The number of nitrogens with zero attached hydrogens (tertiary/aromatic N) is 3. The monoisotopic (exact) mass is 345 g/mol. The van der Waals surface area contributed by atoms with Crippen molar-refractivity contribution in [3.8, 4) is 11.5 Å². The minimum Gasteiger partial charge on any atom is -0.411 e. The number of likely N-dealkylation sites (tertiary alicyclic amines) is 1. The predicted octanol–water partition coefficient (Wildman–Crippen LogP) is 3.85. The molecule has 2 aromatic rings. The highest BCUT2D eigenvalue weighted by molar-refractivity contribution is 7.99. The highest BCUT2D eigenvalue weighted by atomic mass is 32.2. The van der Waals surface area contributed by atoms with Crippen molar-refractivity contribution in [2.24, 2.45) is 0 Å². The third-order valence-electron chi connectivity index (χ3n) is 4.32. The average Bonchev–Trinajstić information content (AvgIpc) is 3.01. The van der Waals surface area contributed by atoms with Crippen LogP contribution in [0.25, 0.3) is 11.5 Å². The molecule has 5 nitrogen and oxygen atoms in total. The summed E-state index contributed by atoms with van der Waals surface area (Å²) >= 11 is 1.32. The zero-order valence-electron chi connectivity index (χ0n) is 14.4. The number of thioether (sulfide) groups is 1. The highest BCUT2D eigenvalue weighted by Crippen LogP contribution is 2.26. The number of rotatable bonds is 4. The lowest BCUT2D eigenvalue weighted by Gasteiger charge is -2.33. The maximum atomic E-state index is 12.4. The lowest BCUT2D eigenvalue weighted by atomic mass is 10.0. The molecule has 0 N–H and O–H groups in total. The van der Waals surface area contributed by atoms with Crippen molar-refractivity contribution in [1.29, 1.82) is 0 Å². The first-order valence-corrected chi connectivity index (χ1v) is 9.36. The molecule has 1 fully saturated rings. The molecule has 3 rings (SSSR count). The Bertz CT molecular complexity index is 709. The molecule has 1 aliphatic rings. The molecule has 1 saturated heterocycles. The summed E-state index contributed by atoms with van der Waals surface area (Å²) < 4.78 is 5.71. The fourth-order valence-corrected chi connectivity index (χ4v) is 3.81. The number of hydrogen-bond acceptors (Lipinski definition) is 5. The van der Waals surface area contributed by atoms with Crippen LogP contribution >= 0.6 is 11.8 Å². The quantitative estimate of drug-likeness (QED) is 0.788. The van der Waals surface area contributed by atoms with Crippen LogP contribution in [0.2, 0.25) is 0 Å². The third kappa shape index (κ3) is 3.98. The number of aryl methyl sites for hydroxylation is 2. The standard InChI is InChI=1S/C18H23N3O2S/c1-12-8-13(2)10-15(9-12)17-19-20-18(23-17)24-11-16(22)21-7-5-4-6-14(21)3/h8-10,14H,4-7,11H2,1-3H3/t14-/m0/s1. The SMILES string of the molecule is Cc1cc(C)cc(-c2nnc(SCC(=O)N3CCCC[C@@H]3C)o2)c1. The minimum atomic E-state index is 0.151. The summed E-state index contributed by atoms with van der Waals surface area (Å²) in [4.78, 5) is 14.3. The van der Waals surface area contributed by atoms with Gasteiger partial charge >= 0.3 is 0 Å². The van der Waals surface area contributed by atoms with E-state index in [1.165, 1.54) is 18.2 Å². The Balaban J connectivity index is 1.63. The molecule has 0 aliphatic carbocycles. The van der Waals surface area contributed by atoms with E-state index in [0.29, 0.717) is 22.9 Å². The number of hydrogen-bond donors (Lipinski definition) is 0. The summed E-state index contributed by atoms with van der Waals surface area (Å²) in [6.45, 7) is 7.06. The van der Waals surface area contributed by atoms with Gasteiger partial charge in [-0.2, -0.15) is 0 Å². The van der Waals surface area contributed by atoms with Crippen LogP contribution in [-0.4, -0.2) is 39.3 Å². The van der Waals surface area contributed by atoms with Crippen LogP contribution in [0.15, 0.2) is 27.8 Å². The van der Waals surface area contributed by atoms with E-state index < -0.39 is 0 Å². The largest absolute Gasteiger partial charge is 0.411 e.